The fourth-order valence-electron chi connectivity index (χ4n) is 9.18. The Balaban J connectivity index is 1.67. The second kappa shape index (κ2) is 11.3. The number of allylic oxidation sites excluding steroid dienone is 2. The van der Waals surface area contributed by atoms with Crippen molar-refractivity contribution in [3.05, 3.63) is 23.8 Å². The smallest absolute Gasteiger partial charge is 0.303 e. The zero-order valence-corrected chi connectivity index (χ0v) is 25.8. The van der Waals surface area contributed by atoms with E-state index in [9.17, 15) is 24.3 Å². The molecule has 41 heavy (non-hydrogen) atoms. The lowest BCUT2D eigenvalue weighted by atomic mass is 9.45. The predicted molar refractivity (Wildman–Crippen MR) is 152 cm³/mol. The van der Waals surface area contributed by atoms with Crippen molar-refractivity contribution in [3.8, 4) is 0 Å². The van der Waals surface area contributed by atoms with Gasteiger partial charge in [-0.3, -0.25) is 19.2 Å². The standard InChI is InChI=1S/C33H48O8/c1-18(2)9-10-28(39-20(4)34)19(3)23-12-14-33(38)25-15-27(37)26-16-29(40-21(5)35)30(41-22(6)36)17-31(26,7)24(25)11-13-32(23,33)8/h15,19,23-24,26,28-30,38H,1,9-14,16-17H2,2-8H3/t19-,23+,24-,26-,28+,29+,30-,31+,32+,33+/m0/s1. The maximum Gasteiger partial charge on any atom is 0.303 e. The van der Waals surface area contributed by atoms with Crippen molar-refractivity contribution < 1.29 is 38.5 Å². The molecule has 0 aromatic rings. The summed E-state index contributed by atoms with van der Waals surface area (Å²) in [5, 5.41) is 12.6. The van der Waals surface area contributed by atoms with E-state index in [1.165, 1.54) is 20.8 Å². The highest BCUT2D eigenvalue weighted by Gasteiger charge is 2.67. The number of rotatable bonds is 8. The Morgan fingerprint density at radius 1 is 1.00 bits per heavy atom. The second-order valence-corrected chi connectivity index (χ2v) is 13.8. The van der Waals surface area contributed by atoms with Gasteiger partial charge in [-0.15, -0.1) is 6.58 Å². The summed E-state index contributed by atoms with van der Waals surface area (Å²) in [4.78, 5) is 49.6. The van der Waals surface area contributed by atoms with Crippen LogP contribution in [0.1, 0.15) is 99.8 Å². The molecule has 3 saturated carbocycles. The molecule has 0 heterocycles. The van der Waals surface area contributed by atoms with Gasteiger partial charge in [0, 0.05) is 32.1 Å². The first kappa shape index (κ1) is 31.5. The van der Waals surface area contributed by atoms with Gasteiger partial charge in [-0.2, -0.15) is 0 Å². The molecule has 0 amide bonds. The van der Waals surface area contributed by atoms with Crippen LogP contribution >= 0.6 is 0 Å². The van der Waals surface area contributed by atoms with Gasteiger partial charge in [0.1, 0.15) is 18.3 Å². The van der Waals surface area contributed by atoms with E-state index >= 15 is 0 Å². The Bertz CT molecular complexity index is 1140. The summed E-state index contributed by atoms with van der Waals surface area (Å²) in [5.41, 5.74) is -0.390. The monoisotopic (exact) mass is 572 g/mol. The van der Waals surface area contributed by atoms with E-state index in [1.54, 1.807) is 6.08 Å². The highest BCUT2D eigenvalue weighted by molar-refractivity contribution is 5.95. The molecule has 0 aromatic carbocycles. The molecular formula is C33H48O8. The third kappa shape index (κ3) is 5.53. The lowest BCUT2D eigenvalue weighted by Crippen LogP contribution is -2.61. The third-order valence-electron chi connectivity index (χ3n) is 11.2. The summed E-state index contributed by atoms with van der Waals surface area (Å²) in [6.45, 7) is 16.4. The van der Waals surface area contributed by atoms with Gasteiger partial charge < -0.3 is 19.3 Å². The van der Waals surface area contributed by atoms with Gasteiger partial charge in [0.2, 0.25) is 0 Å². The summed E-state index contributed by atoms with van der Waals surface area (Å²) in [7, 11) is 0. The van der Waals surface area contributed by atoms with Crippen molar-refractivity contribution in [1.82, 2.24) is 0 Å². The Labute approximate surface area is 244 Å². The molecule has 4 rings (SSSR count). The maximum atomic E-state index is 13.8. The van der Waals surface area contributed by atoms with Crippen molar-refractivity contribution in [2.24, 2.45) is 34.5 Å². The molecule has 1 N–H and O–H groups in total. The molecule has 3 fully saturated rings. The number of esters is 3. The van der Waals surface area contributed by atoms with Gasteiger partial charge in [-0.05, 0) is 93.1 Å². The number of ether oxygens (including phenoxy) is 3. The quantitative estimate of drug-likeness (QED) is 0.238. The van der Waals surface area contributed by atoms with Crippen LogP contribution in [0.5, 0.6) is 0 Å². The number of ketones is 1. The van der Waals surface area contributed by atoms with E-state index in [4.69, 9.17) is 14.2 Å². The maximum absolute atomic E-state index is 13.8. The van der Waals surface area contributed by atoms with Crippen molar-refractivity contribution in [2.75, 3.05) is 0 Å². The normalized spacial score (nSPS) is 39.3. The first-order valence-electron chi connectivity index (χ1n) is 15.2. The topological polar surface area (TPSA) is 116 Å². The van der Waals surface area contributed by atoms with Crippen LogP contribution in [-0.4, -0.2) is 52.7 Å². The van der Waals surface area contributed by atoms with E-state index in [2.05, 4.69) is 27.4 Å². The molecule has 4 aliphatic rings. The molecule has 0 bridgehead atoms. The molecule has 8 nitrogen and oxygen atoms in total. The minimum atomic E-state index is -1.17. The highest BCUT2D eigenvalue weighted by Crippen LogP contribution is 2.68. The van der Waals surface area contributed by atoms with Crippen LogP contribution in [0.2, 0.25) is 0 Å². The van der Waals surface area contributed by atoms with Gasteiger partial charge in [-0.25, -0.2) is 0 Å². The van der Waals surface area contributed by atoms with Crippen LogP contribution in [0.25, 0.3) is 0 Å². The Kier molecular flexibility index (Phi) is 8.68. The Morgan fingerprint density at radius 3 is 2.22 bits per heavy atom. The van der Waals surface area contributed by atoms with Crippen LogP contribution in [-0.2, 0) is 33.4 Å². The van der Waals surface area contributed by atoms with Crippen LogP contribution in [0.4, 0.5) is 0 Å². The van der Waals surface area contributed by atoms with E-state index < -0.39 is 46.5 Å². The molecule has 0 aromatic heterocycles. The minimum absolute atomic E-state index is 0.0181. The van der Waals surface area contributed by atoms with E-state index in [1.807, 2.05) is 6.92 Å². The molecule has 0 saturated heterocycles. The summed E-state index contributed by atoms with van der Waals surface area (Å²) < 4.78 is 17.0. The number of carbonyl (C=O) groups is 4. The lowest BCUT2D eigenvalue weighted by Gasteiger charge is -2.60. The second-order valence-electron chi connectivity index (χ2n) is 13.8. The minimum Gasteiger partial charge on any atom is -0.462 e. The molecule has 8 heteroatoms. The van der Waals surface area contributed by atoms with Crippen molar-refractivity contribution in [2.45, 2.75) is 124 Å². The zero-order chi connectivity index (χ0) is 30.5. The fraction of sp³-hybridized carbons (Fsp3) is 0.758. The van der Waals surface area contributed by atoms with Crippen molar-refractivity contribution >= 4 is 23.7 Å². The number of carbonyl (C=O) groups excluding carboxylic acids is 4. The molecule has 0 spiro atoms. The molecule has 0 unspecified atom stereocenters. The molecule has 228 valence electrons. The lowest BCUT2D eigenvalue weighted by molar-refractivity contribution is -0.186. The highest BCUT2D eigenvalue weighted by atomic mass is 16.6. The molecule has 0 radical (unpaired) electrons. The molecular weight excluding hydrogens is 524 g/mol. The van der Waals surface area contributed by atoms with Crippen LogP contribution < -0.4 is 0 Å². The third-order valence-corrected chi connectivity index (χ3v) is 11.2. The number of hydrogen-bond acceptors (Lipinski definition) is 8. The average molecular weight is 573 g/mol. The van der Waals surface area contributed by atoms with Crippen molar-refractivity contribution in [1.29, 1.82) is 0 Å². The summed E-state index contributed by atoms with van der Waals surface area (Å²) in [6, 6.07) is 0. The summed E-state index contributed by atoms with van der Waals surface area (Å²) >= 11 is 0. The van der Waals surface area contributed by atoms with E-state index in [-0.39, 0.29) is 42.0 Å². The molecule has 0 aliphatic heterocycles. The van der Waals surface area contributed by atoms with Gasteiger partial charge >= 0.3 is 17.9 Å². The van der Waals surface area contributed by atoms with Crippen molar-refractivity contribution in [3.63, 3.8) is 0 Å². The van der Waals surface area contributed by atoms with Gasteiger partial charge in [0.15, 0.2) is 5.78 Å². The van der Waals surface area contributed by atoms with Gasteiger partial charge in [0.25, 0.3) is 0 Å². The fourth-order valence-corrected chi connectivity index (χ4v) is 9.18. The number of hydrogen-bond donors (Lipinski definition) is 1. The Morgan fingerprint density at radius 2 is 1.63 bits per heavy atom. The van der Waals surface area contributed by atoms with Crippen LogP contribution in [0.3, 0.4) is 0 Å². The van der Waals surface area contributed by atoms with Crippen LogP contribution in [0, 0.1) is 34.5 Å². The summed E-state index contributed by atoms with van der Waals surface area (Å²) in [5.74, 6) is -1.65. The van der Waals surface area contributed by atoms with Gasteiger partial charge in [0.05, 0.1) is 5.60 Å². The SMILES string of the molecule is C=C(C)CC[C@@H](OC(C)=O)[C@@H](C)[C@H]1CC[C@@]2(O)C3=CC(=O)[C@@H]4C[C@@H](OC(C)=O)[C@@H](OC(C)=O)C[C@]4(C)[C@H]3CC[C@]12C. The van der Waals surface area contributed by atoms with Crippen LogP contribution in [0.15, 0.2) is 23.8 Å². The van der Waals surface area contributed by atoms with Gasteiger partial charge in [-0.1, -0.05) is 26.3 Å². The van der Waals surface area contributed by atoms with E-state index in [0.29, 0.717) is 19.3 Å². The first-order valence-corrected chi connectivity index (χ1v) is 15.2. The average Bonchev–Trinajstić information content (AvgIpc) is 3.13. The predicted octanol–water partition coefficient (Wildman–Crippen LogP) is 5.26. The zero-order valence-electron chi connectivity index (χ0n) is 25.8. The Hall–Kier alpha value is -2.48. The number of aliphatic hydroxyl groups is 1. The summed E-state index contributed by atoms with van der Waals surface area (Å²) in [6.07, 6.45) is 5.02. The molecule has 4 aliphatic carbocycles. The molecule has 10 atom stereocenters. The first-order chi connectivity index (χ1) is 19.0. The number of fused-ring (bicyclic) bond motifs is 5. The largest absolute Gasteiger partial charge is 0.462 e. The van der Waals surface area contributed by atoms with E-state index in [0.717, 1.165) is 36.8 Å².